The highest BCUT2D eigenvalue weighted by Crippen LogP contribution is 2.54. The van der Waals surface area contributed by atoms with Crippen molar-refractivity contribution >= 4 is 33.3 Å². The van der Waals surface area contributed by atoms with Crippen molar-refractivity contribution in [2.75, 3.05) is 11.6 Å². The van der Waals surface area contributed by atoms with Crippen molar-refractivity contribution in [2.45, 2.75) is 75.0 Å². The molecule has 0 aromatic heterocycles. The second-order valence-electron chi connectivity index (χ2n) is 10.9. The zero-order valence-corrected chi connectivity index (χ0v) is 23.9. The van der Waals surface area contributed by atoms with E-state index >= 15 is 0 Å². The first-order valence-electron chi connectivity index (χ1n) is 12.3. The van der Waals surface area contributed by atoms with Crippen molar-refractivity contribution in [1.82, 2.24) is 4.90 Å². The first-order valence-corrected chi connectivity index (χ1v) is 14.2. The van der Waals surface area contributed by atoms with E-state index < -0.39 is 69.0 Å². The third-order valence-corrected chi connectivity index (χ3v) is 7.70. The number of hydrogen-bond donors (Lipinski definition) is 1. The molecule has 0 saturated carbocycles. The van der Waals surface area contributed by atoms with Crippen LogP contribution in [0.15, 0.2) is 47.4 Å². The van der Waals surface area contributed by atoms with Gasteiger partial charge in [-0.15, -0.1) is 0 Å². The van der Waals surface area contributed by atoms with Gasteiger partial charge in [0, 0.05) is 25.4 Å². The van der Waals surface area contributed by atoms with E-state index in [-0.39, 0.29) is 17.1 Å². The summed E-state index contributed by atoms with van der Waals surface area (Å²) >= 11 is 0. The van der Waals surface area contributed by atoms with E-state index in [1.807, 2.05) is 0 Å². The Balaban J connectivity index is 1.97. The molecular formula is C27H28F6N2O6S. The lowest BCUT2D eigenvalue weighted by Gasteiger charge is -2.37. The molecule has 0 fully saturated rings. The van der Waals surface area contributed by atoms with Crippen LogP contribution in [0.2, 0.25) is 0 Å². The Labute approximate surface area is 237 Å². The van der Waals surface area contributed by atoms with Crippen LogP contribution in [-0.4, -0.2) is 55.3 Å². The number of rotatable bonds is 6. The fraction of sp³-hybridized carbons (Fsp3) is 0.444. The molecule has 0 saturated heterocycles. The quantitative estimate of drug-likeness (QED) is 0.349. The van der Waals surface area contributed by atoms with Gasteiger partial charge in [-0.2, -0.15) is 26.3 Å². The topological polar surface area (TPSA) is 110 Å². The van der Waals surface area contributed by atoms with Gasteiger partial charge >= 0.3 is 18.3 Å². The number of esters is 1. The SMILES string of the molecule is CC(=O)N1Cc2cc(S(C)(=O)=O)ccc2C1C(=O)Nc1ccc(C(CC(=O)OC(C)(C)C)(C(F)(F)F)C(F)(F)F)cc1. The van der Waals surface area contributed by atoms with Gasteiger partial charge in [-0.3, -0.25) is 14.4 Å². The largest absolute Gasteiger partial charge is 0.460 e. The molecule has 2 aromatic rings. The van der Waals surface area contributed by atoms with Crippen LogP contribution >= 0.6 is 0 Å². The minimum atomic E-state index is -5.95. The number of anilines is 1. The average molecular weight is 623 g/mol. The fourth-order valence-electron chi connectivity index (χ4n) is 4.67. The van der Waals surface area contributed by atoms with Gasteiger partial charge < -0.3 is 15.0 Å². The molecule has 2 aromatic carbocycles. The van der Waals surface area contributed by atoms with Crippen LogP contribution in [-0.2, 0) is 40.9 Å². The lowest BCUT2D eigenvalue weighted by Crippen LogP contribution is -2.55. The number of carbonyl (C=O) groups is 3. The molecule has 1 heterocycles. The maximum absolute atomic E-state index is 14.2. The molecule has 1 aliphatic rings. The number of sulfone groups is 1. The summed E-state index contributed by atoms with van der Waals surface area (Å²) in [6.45, 7) is 4.97. The van der Waals surface area contributed by atoms with E-state index in [2.05, 4.69) is 5.32 Å². The number of fused-ring (bicyclic) bond motifs is 1. The van der Waals surface area contributed by atoms with E-state index in [0.29, 0.717) is 23.3 Å². The van der Waals surface area contributed by atoms with E-state index in [1.165, 1.54) is 45.9 Å². The number of nitrogens with one attached hydrogen (secondary N) is 1. The van der Waals surface area contributed by atoms with Crippen LogP contribution in [0.4, 0.5) is 32.0 Å². The molecule has 2 amide bonds. The predicted molar refractivity (Wildman–Crippen MR) is 138 cm³/mol. The van der Waals surface area contributed by atoms with Crippen LogP contribution in [0.5, 0.6) is 0 Å². The standard InChI is InChI=1S/C27H28F6N2O6S/c1-15(36)35-14-16-12-19(42(5,39)40)10-11-20(16)22(35)23(38)34-18-8-6-17(7-9-18)25(26(28,29)30,27(31,32)33)13-21(37)41-24(2,3)4/h6-12,22H,13-14H2,1-5H3,(H,34,38). The number of ether oxygens (including phenoxy) is 1. The van der Waals surface area contributed by atoms with Crippen LogP contribution in [0.1, 0.15) is 56.8 Å². The van der Waals surface area contributed by atoms with Crippen molar-refractivity contribution in [2.24, 2.45) is 0 Å². The van der Waals surface area contributed by atoms with E-state index in [9.17, 15) is 49.1 Å². The lowest BCUT2D eigenvalue weighted by atomic mass is 9.75. The predicted octanol–water partition coefficient (Wildman–Crippen LogP) is 5.23. The highest BCUT2D eigenvalue weighted by atomic mass is 32.2. The first-order chi connectivity index (χ1) is 19.0. The van der Waals surface area contributed by atoms with Gasteiger partial charge in [-0.05, 0) is 61.7 Å². The summed E-state index contributed by atoms with van der Waals surface area (Å²) in [4.78, 5) is 38.8. The number of nitrogens with zero attached hydrogens (tertiary/aromatic N) is 1. The summed E-state index contributed by atoms with van der Waals surface area (Å²) in [6.07, 6.45) is -13.0. The molecule has 230 valence electrons. The number of benzene rings is 2. The minimum Gasteiger partial charge on any atom is -0.460 e. The number of halogens is 6. The Hall–Kier alpha value is -3.62. The van der Waals surface area contributed by atoms with Gasteiger partial charge in [0.05, 0.1) is 11.3 Å². The lowest BCUT2D eigenvalue weighted by molar-refractivity contribution is -0.305. The van der Waals surface area contributed by atoms with E-state index in [0.717, 1.165) is 23.3 Å². The summed E-state index contributed by atoms with van der Waals surface area (Å²) in [5, 5.41) is 2.38. The smallest absolute Gasteiger partial charge is 0.407 e. The molecular weight excluding hydrogens is 594 g/mol. The second kappa shape index (κ2) is 10.9. The zero-order valence-electron chi connectivity index (χ0n) is 23.1. The van der Waals surface area contributed by atoms with Crippen LogP contribution in [0.3, 0.4) is 0 Å². The Morgan fingerprint density at radius 3 is 1.95 bits per heavy atom. The highest BCUT2D eigenvalue weighted by Gasteiger charge is 2.72. The van der Waals surface area contributed by atoms with Crippen molar-refractivity contribution in [1.29, 1.82) is 0 Å². The van der Waals surface area contributed by atoms with Crippen molar-refractivity contribution in [3.8, 4) is 0 Å². The molecule has 8 nitrogen and oxygen atoms in total. The molecule has 15 heteroatoms. The summed E-state index contributed by atoms with van der Waals surface area (Å²) < 4.78 is 114. The number of alkyl halides is 6. The minimum absolute atomic E-state index is 0.0365. The molecule has 0 bridgehead atoms. The van der Waals surface area contributed by atoms with E-state index in [4.69, 9.17) is 4.74 Å². The fourth-order valence-corrected chi connectivity index (χ4v) is 5.34. The zero-order chi connectivity index (χ0) is 32.1. The molecule has 0 spiro atoms. The van der Waals surface area contributed by atoms with Crippen molar-refractivity contribution in [3.63, 3.8) is 0 Å². The molecule has 1 aliphatic heterocycles. The maximum atomic E-state index is 14.2. The maximum Gasteiger partial charge on any atom is 0.407 e. The van der Waals surface area contributed by atoms with Crippen molar-refractivity contribution < 1.29 is 53.9 Å². The molecule has 42 heavy (non-hydrogen) atoms. The normalized spacial score (nSPS) is 16.2. The van der Waals surface area contributed by atoms with Gasteiger partial charge in [0.1, 0.15) is 11.6 Å². The van der Waals surface area contributed by atoms with Crippen molar-refractivity contribution in [3.05, 3.63) is 59.2 Å². The molecule has 0 radical (unpaired) electrons. The Morgan fingerprint density at radius 1 is 0.952 bits per heavy atom. The molecule has 1 N–H and O–H groups in total. The summed E-state index contributed by atoms with van der Waals surface area (Å²) in [6, 6.07) is 5.33. The third-order valence-electron chi connectivity index (χ3n) is 6.58. The molecule has 3 rings (SSSR count). The summed E-state index contributed by atoms with van der Waals surface area (Å²) in [7, 11) is -3.60. The molecule has 1 unspecified atom stereocenters. The Bertz CT molecular complexity index is 1480. The molecule has 0 aliphatic carbocycles. The van der Waals surface area contributed by atoms with Crippen LogP contribution in [0, 0.1) is 0 Å². The highest BCUT2D eigenvalue weighted by molar-refractivity contribution is 7.90. The third kappa shape index (κ3) is 6.55. The Kier molecular flexibility index (Phi) is 8.53. The average Bonchev–Trinajstić information content (AvgIpc) is 3.19. The number of amides is 2. The van der Waals surface area contributed by atoms with Crippen LogP contribution in [0.25, 0.3) is 0 Å². The first kappa shape index (κ1) is 32.9. The van der Waals surface area contributed by atoms with E-state index in [1.54, 1.807) is 0 Å². The summed E-state index contributed by atoms with van der Waals surface area (Å²) in [5.41, 5.74) is -6.74. The van der Waals surface area contributed by atoms with Gasteiger partial charge in [0.25, 0.3) is 5.91 Å². The monoisotopic (exact) mass is 622 g/mol. The van der Waals surface area contributed by atoms with Crippen LogP contribution < -0.4 is 5.32 Å². The second-order valence-corrected chi connectivity index (χ2v) is 12.9. The van der Waals surface area contributed by atoms with Gasteiger partial charge in [-0.1, -0.05) is 18.2 Å². The van der Waals surface area contributed by atoms with Gasteiger partial charge in [0.2, 0.25) is 5.91 Å². The number of carbonyl (C=O) groups excluding carboxylic acids is 3. The number of hydrogen-bond acceptors (Lipinski definition) is 6. The van der Waals surface area contributed by atoms with Gasteiger partial charge in [0.15, 0.2) is 15.3 Å². The summed E-state index contributed by atoms with van der Waals surface area (Å²) in [5.74, 6) is -3.09. The molecule has 1 atom stereocenters. The Morgan fingerprint density at radius 2 is 1.50 bits per heavy atom. The van der Waals surface area contributed by atoms with Gasteiger partial charge in [-0.25, -0.2) is 8.42 Å².